The minimum Gasteiger partial charge on any atom is -0.389 e. The summed E-state index contributed by atoms with van der Waals surface area (Å²) in [6.45, 7) is 2.90. The van der Waals surface area contributed by atoms with Gasteiger partial charge in [0.15, 0.2) is 0 Å². The van der Waals surface area contributed by atoms with E-state index in [9.17, 15) is 5.11 Å². The van der Waals surface area contributed by atoms with Crippen molar-refractivity contribution < 1.29 is 5.11 Å². The number of likely N-dealkylation sites (tertiary alicyclic amines) is 1. The lowest BCUT2D eigenvalue weighted by atomic mass is 9.98. The monoisotopic (exact) mass is 194 g/mol. The smallest absolute Gasteiger partial charge is 0.0981 e. The summed E-state index contributed by atoms with van der Waals surface area (Å²) >= 11 is 0. The van der Waals surface area contributed by atoms with Crippen molar-refractivity contribution in [1.82, 2.24) is 4.90 Å². The molecule has 1 saturated heterocycles. The SMILES string of the molecule is CC1(O)CCCC1N1CCCC1C#N. The molecule has 0 spiro atoms. The second-order valence-electron chi connectivity index (χ2n) is 4.79. The van der Waals surface area contributed by atoms with E-state index in [0.717, 1.165) is 38.6 Å². The number of nitriles is 1. The van der Waals surface area contributed by atoms with Crippen LogP contribution >= 0.6 is 0 Å². The zero-order valence-electron chi connectivity index (χ0n) is 8.74. The van der Waals surface area contributed by atoms with Crippen LogP contribution < -0.4 is 0 Å². The molecule has 0 aromatic heterocycles. The first kappa shape index (κ1) is 9.95. The Morgan fingerprint density at radius 3 is 2.79 bits per heavy atom. The molecule has 0 aromatic carbocycles. The molecule has 14 heavy (non-hydrogen) atoms. The van der Waals surface area contributed by atoms with Gasteiger partial charge in [-0.1, -0.05) is 0 Å². The first-order valence-corrected chi connectivity index (χ1v) is 5.53. The predicted octanol–water partition coefficient (Wildman–Crippen LogP) is 1.28. The van der Waals surface area contributed by atoms with Gasteiger partial charge < -0.3 is 5.11 Å². The van der Waals surface area contributed by atoms with Crippen molar-refractivity contribution in [3.8, 4) is 6.07 Å². The van der Waals surface area contributed by atoms with Crippen LogP contribution in [0.5, 0.6) is 0 Å². The van der Waals surface area contributed by atoms with Gasteiger partial charge in [0, 0.05) is 6.04 Å². The molecule has 3 heteroatoms. The maximum absolute atomic E-state index is 10.2. The minimum absolute atomic E-state index is 0.0459. The average Bonchev–Trinajstić information content (AvgIpc) is 2.69. The van der Waals surface area contributed by atoms with E-state index in [4.69, 9.17) is 5.26 Å². The molecule has 1 aliphatic carbocycles. The first-order valence-electron chi connectivity index (χ1n) is 5.53. The molecule has 1 saturated carbocycles. The molecule has 3 unspecified atom stereocenters. The Balaban J connectivity index is 2.11. The molecule has 2 fully saturated rings. The highest BCUT2D eigenvalue weighted by Gasteiger charge is 2.44. The summed E-state index contributed by atoms with van der Waals surface area (Å²) in [6.07, 6.45) is 5.09. The Morgan fingerprint density at radius 2 is 2.21 bits per heavy atom. The molecule has 0 radical (unpaired) electrons. The second kappa shape index (κ2) is 3.52. The third kappa shape index (κ3) is 1.53. The van der Waals surface area contributed by atoms with Crippen LogP contribution in [0.15, 0.2) is 0 Å². The van der Waals surface area contributed by atoms with Crippen molar-refractivity contribution in [2.45, 2.75) is 56.7 Å². The summed E-state index contributed by atoms with van der Waals surface area (Å²) < 4.78 is 0. The lowest BCUT2D eigenvalue weighted by Crippen LogP contribution is -2.49. The van der Waals surface area contributed by atoms with Gasteiger partial charge in [-0.15, -0.1) is 0 Å². The highest BCUT2D eigenvalue weighted by atomic mass is 16.3. The van der Waals surface area contributed by atoms with Gasteiger partial charge in [0.05, 0.1) is 17.7 Å². The Hall–Kier alpha value is -0.590. The van der Waals surface area contributed by atoms with Gasteiger partial charge in [-0.3, -0.25) is 4.90 Å². The molecule has 2 rings (SSSR count). The fraction of sp³-hybridized carbons (Fsp3) is 0.909. The van der Waals surface area contributed by atoms with Crippen LogP contribution in [-0.2, 0) is 0 Å². The highest BCUT2D eigenvalue weighted by molar-refractivity contribution is 5.04. The first-order chi connectivity index (χ1) is 6.65. The van der Waals surface area contributed by atoms with Crippen LogP contribution in [0.3, 0.4) is 0 Å². The summed E-state index contributed by atoms with van der Waals surface area (Å²) in [5.74, 6) is 0. The van der Waals surface area contributed by atoms with Crippen molar-refractivity contribution in [1.29, 1.82) is 5.26 Å². The van der Waals surface area contributed by atoms with E-state index < -0.39 is 5.60 Å². The topological polar surface area (TPSA) is 47.3 Å². The number of hydrogen-bond acceptors (Lipinski definition) is 3. The summed E-state index contributed by atoms with van der Waals surface area (Å²) in [5.41, 5.74) is -0.570. The molecule has 0 aromatic rings. The zero-order valence-corrected chi connectivity index (χ0v) is 8.74. The quantitative estimate of drug-likeness (QED) is 0.684. The number of nitrogens with zero attached hydrogens (tertiary/aromatic N) is 2. The standard InChI is InChI=1S/C11H18N2O/c1-11(14)6-2-5-10(11)13-7-3-4-9(13)8-12/h9-10,14H,2-7H2,1H3. The van der Waals surface area contributed by atoms with Crippen LogP contribution in [0.4, 0.5) is 0 Å². The minimum atomic E-state index is -0.570. The van der Waals surface area contributed by atoms with Gasteiger partial charge in [-0.2, -0.15) is 5.26 Å². The van der Waals surface area contributed by atoms with E-state index >= 15 is 0 Å². The van der Waals surface area contributed by atoms with Gasteiger partial charge in [-0.25, -0.2) is 0 Å². The molecule has 3 nitrogen and oxygen atoms in total. The molecule has 1 aliphatic heterocycles. The summed E-state index contributed by atoms with van der Waals surface area (Å²) in [7, 11) is 0. The van der Waals surface area contributed by atoms with Crippen LogP contribution in [0.1, 0.15) is 39.0 Å². The Morgan fingerprint density at radius 1 is 1.43 bits per heavy atom. The molecular weight excluding hydrogens is 176 g/mol. The van der Waals surface area contributed by atoms with Gasteiger partial charge in [0.2, 0.25) is 0 Å². The van der Waals surface area contributed by atoms with Crippen molar-refractivity contribution >= 4 is 0 Å². The van der Waals surface area contributed by atoms with Crippen molar-refractivity contribution in [3.05, 3.63) is 0 Å². The maximum Gasteiger partial charge on any atom is 0.0981 e. The van der Waals surface area contributed by atoms with E-state index in [-0.39, 0.29) is 12.1 Å². The lowest BCUT2D eigenvalue weighted by molar-refractivity contribution is -0.0117. The van der Waals surface area contributed by atoms with E-state index in [1.807, 2.05) is 6.92 Å². The Labute approximate surface area is 85.3 Å². The third-order valence-corrected chi connectivity index (χ3v) is 3.72. The average molecular weight is 194 g/mol. The molecule has 78 valence electrons. The van der Waals surface area contributed by atoms with E-state index in [0.29, 0.717) is 0 Å². The van der Waals surface area contributed by atoms with Crippen molar-refractivity contribution in [2.24, 2.45) is 0 Å². The number of aliphatic hydroxyl groups is 1. The Bertz CT molecular complexity index is 257. The largest absolute Gasteiger partial charge is 0.389 e. The van der Waals surface area contributed by atoms with Crippen LogP contribution in [0, 0.1) is 11.3 Å². The Kier molecular flexibility index (Phi) is 2.50. The van der Waals surface area contributed by atoms with Gasteiger partial charge in [0.1, 0.15) is 0 Å². The molecule has 1 N–H and O–H groups in total. The normalized spacial score (nSPS) is 44.1. The summed E-state index contributed by atoms with van der Waals surface area (Å²) in [5, 5.41) is 19.2. The van der Waals surface area contributed by atoms with E-state index in [1.165, 1.54) is 0 Å². The molecule has 0 bridgehead atoms. The van der Waals surface area contributed by atoms with Crippen LogP contribution in [-0.4, -0.2) is 34.2 Å². The molecule has 0 amide bonds. The summed E-state index contributed by atoms with van der Waals surface area (Å²) in [4.78, 5) is 2.22. The molecule has 1 heterocycles. The molecular formula is C11H18N2O. The second-order valence-corrected chi connectivity index (χ2v) is 4.79. The number of hydrogen-bond donors (Lipinski definition) is 1. The van der Waals surface area contributed by atoms with E-state index in [1.54, 1.807) is 0 Å². The van der Waals surface area contributed by atoms with Crippen molar-refractivity contribution in [2.75, 3.05) is 6.54 Å². The van der Waals surface area contributed by atoms with E-state index in [2.05, 4.69) is 11.0 Å². The molecule has 2 aliphatic rings. The highest BCUT2D eigenvalue weighted by Crippen LogP contribution is 2.36. The predicted molar refractivity (Wildman–Crippen MR) is 53.6 cm³/mol. The van der Waals surface area contributed by atoms with Crippen LogP contribution in [0.25, 0.3) is 0 Å². The zero-order chi connectivity index (χ0) is 10.2. The van der Waals surface area contributed by atoms with Crippen LogP contribution in [0.2, 0.25) is 0 Å². The number of rotatable bonds is 1. The molecule has 3 atom stereocenters. The lowest BCUT2D eigenvalue weighted by Gasteiger charge is -2.35. The van der Waals surface area contributed by atoms with Gasteiger partial charge in [-0.05, 0) is 45.6 Å². The summed E-state index contributed by atoms with van der Waals surface area (Å²) in [6, 6.07) is 2.61. The van der Waals surface area contributed by atoms with Crippen molar-refractivity contribution in [3.63, 3.8) is 0 Å². The fourth-order valence-electron chi connectivity index (χ4n) is 2.95. The fourth-order valence-corrected chi connectivity index (χ4v) is 2.95. The maximum atomic E-state index is 10.2. The van der Waals surface area contributed by atoms with Gasteiger partial charge >= 0.3 is 0 Å². The third-order valence-electron chi connectivity index (χ3n) is 3.72. The van der Waals surface area contributed by atoms with Gasteiger partial charge in [0.25, 0.3) is 0 Å².